The van der Waals surface area contributed by atoms with E-state index in [2.05, 4.69) is 15.0 Å². The summed E-state index contributed by atoms with van der Waals surface area (Å²) in [5, 5.41) is 0.353. The Hall–Kier alpha value is -1.26. The van der Waals surface area contributed by atoms with Gasteiger partial charge in [-0.05, 0) is 12.1 Å². The highest BCUT2D eigenvalue weighted by molar-refractivity contribution is 6.42. The lowest BCUT2D eigenvalue weighted by Gasteiger charge is -2.02. The number of aromatic nitrogens is 3. The molecule has 0 atom stereocenters. The molecular weight excluding hydrogens is 240 g/mol. The fourth-order valence-electron chi connectivity index (χ4n) is 1.04. The Morgan fingerprint density at radius 2 is 1.87 bits per heavy atom. The van der Waals surface area contributed by atoms with Crippen LogP contribution in [0.5, 0.6) is 0 Å². The molecule has 0 aliphatic heterocycles. The van der Waals surface area contributed by atoms with Crippen LogP contribution in [0, 0.1) is 5.82 Å². The first-order valence-electron chi connectivity index (χ1n) is 3.96. The van der Waals surface area contributed by atoms with E-state index in [1.165, 1.54) is 18.5 Å². The third kappa shape index (κ3) is 2.06. The van der Waals surface area contributed by atoms with Gasteiger partial charge < -0.3 is 0 Å². The minimum absolute atomic E-state index is 0.146. The Kier molecular flexibility index (Phi) is 2.79. The molecule has 6 heteroatoms. The van der Waals surface area contributed by atoms with E-state index < -0.39 is 5.82 Å². The number of hydrogen-bond donors (Lipinski definition) is 0. The lowest BCUT2D eigenvalue weighted by molar-refractivity contribution is 0.622. The van der Waals surface area contributed by atoms with Gasteiger partial charge in [0, 0.05) is 0 Å². The molecule has 0 aliphatic carbocycles. The number of hydrogen-bond acceptors (Lipinski definition) is 3. The van der Waals surface area contributed by atoms with Crippen LogP contribution in [0.25, 0.3) is 11.4 Å². The molecule has 2 aromatic heterocycles. The van der Waals surface area contributed by atoms with E-state index in [9.17, 15) is 4.39 Å². The molecule has 0 aromatic carbocycles. The van der Waals surface area contributed by atoms with Crippen LogP contribution < -0.4 is 0 Å². The Balaban J connectivity index is 2.54. The largest absolute Gasteiger partial charge is 0.252 e. The SMILES string of the molecule is Fc1ccc(-c2ncnc(Cl)c2Cl)nc1. The quantitative estimate of drug-likeness (QED) is 0.723. The molecule has 2 aromatic rings. The molecule has 0 saturated carbocycles. The van der Waals surface area contributed by atoms with Crippen molar-refractivity contribution >= 4 is 23.2 Å². The van der Waals surface area contributed by atoms with Crippen LogP contribution in [0.3, 0.4) is 0 Å². The zero-order chi connectivity index (χ0) is 10.8. The zero-order valence-corrected chi connectivity index (χ0v) is 8.80. The van der Waals surface area contributed by atoms with E-state index in [1.54, 1.807) is 0 Å². The lowest BCUT2D eigenvalue weighted by atomic mass is 10.2. The standard InChI is InChI=1S/C9H4Cl2FN3/c10-7-8(14-4-15-9(7)11)6-2-1-5(12)3-13-6/h1-4H. The molecule has 76 valence electrons. The first kappa shape index (κ1) is 10.3. The third-order valence-corrected chi connectivity index (χ3v) is 2.46. The number of rotatable bonds is 1. The highest BCUT2D eigenvalue weighted by Gasteiger charge is 2.10. The second-order valence-corrected chi connectivity index (χ2v) is 3.42. The Labute approximate surface area is 94.9 Å². The number of halogens is 3. The van der Waals surface area contributed by atoms with Gasteiger partial charge in [0.05, 0.1) is 11.9 Å². The summed E-state index contributed by atoms with van der Waals surface area (Å²) >= 11 is 11.6. The van der Waals surface area contributed by atoms with Gasteiger partial charge in [0.15, 0.2) is 5.15 Å². The van der Waals surface area contributed by atoms with E-state index in [0.717, 1.165) is 6.20 Å². The predicted octanol–water partition coefficient (Wildman–Crippen LogP) is 2.98. The van der Waals surface area contributed by atoms with Crippen LogP contribution in [0.2, 0.25) is 10.2 Å². The van der Waals surface area contributed by atoms with Crippen LogP contribution in [-0.2, 0) is 0 Å². The van der Waals surface area contributed by atoms with Gasteiger partial charge >= 0.3 is 0 Å². The molecule has 0 unspecified atom stereocenters. The maximum absolute atomic E-state index is 12.6. The van der Waals surface area contributed by atoms with E-state index in [4.69, 9.17) is 23.2 Å². The minimum Gasteiger partial charge on any atom is -0.252 e. The van der Waals surface area contributed by atoms with E-state index in [1.807, 2.05) is 0 Å². The van der Waals surface area contributed by atoms with Crippen molar-refractivity contribution in [2.45, 2.75) is 0 Å². The first-order chi connectivity index (χ1) is 7.18. The third-order valence-electron chi connectivity index (χ3n) is 1.72. The summed E-state index contributed by atoms with van der Waals surface area (Å²) in [6.07, 6.45) is 2.36. The fourth-order valence-corrected chi connectivity index (χ4v) is 1.37. The average Bonchev–Trinajstić information content (AvgIpc) is 2.24. The normalized spacial score (nSPS) is 10.3. The van der Waals surface area contributed by atoms with Crippen LogP contribution >= 0.6 is 23.2 Å². The minimum atomic E-state index is -0.421. The summed E-state index contributed by atoms with van der Waals surface area (Å²) in [5.41, 5.74) is 0.836. The van der Waals surface area contributed by atoms with Gasteiger partial charge in [-0.2, -0.15) is 0 Å². The second-order valence-electron chi connectivity index (χ2n) is 2.69. The maximum atomic E-state index is 12.6. The topological polar surface area (TPSA) is 38.7 Å². The second kappa shape index (κ2) is 4.08. The van der Waals surface area contributed by atoms with Crippen molar-refractivity contribution in [2.75, 3.05) is 0 Å². The van der Waals surface area contributed by atoms with Gasteiger partial charge in [0.2, 0.25) is 0 Å². The molecular formula is C9H4Cl2FN3. The summed E-state index contributed by atoms with van der Waals surface area (Å²) in [7, 11) is 0. The van der Waals surface area contributed by atoms with E-state index >= 15 is 0 Å². The van der Waals surface area contributed by atoms with Crippen molar-refractivity contribution in [2.24, 2.45) is 0 Å². The van der Waals surface area contributed by atoms with Crippen LogP contribution in [0.15, 0.2) is 24.7 Å². The van der Waals surface area contributed by atoms with Gasteiger partial charge in [0.1, 0.15) is 22.9 Å². The smallest absolute Gasteiger partial charge is 0.151 e. The number of pyridine rings is 1. The van der Waals surface area contributed by atoms with Crippen molar-refractivity contribution < 1.29 is 4.39 Å². The van der Waals surface area contributed by atoms with Gasteiger partial charge in [-0.15, -0.1) is 0 Å². The van der Waals surface area contributed by atoms with Crippen molar-refractivity contribution in [1.29, 1.82) is 0 Å². The average molecular weight is 244 g/mol. The molecule has 2 heterocycles. The fraction of sp³-hybridized carbons (Fsp3) is 0. The Morgan fingerprint density at radius 1 is 1.07 bits per heavy atom. The molecule has 0 radical (unpaired) electrons. The highest BCUT2D eigenvalue weighted by Crippen LogP contribution is 2.28. The summed E-state index contributed by atoms with van der Waals surface area (Å²) in [5.74, 6) is -0.421. The maximum Gasteiger partial charge on any atom is 0.151 e. The molecule has 0 amide bonds. The monoisotopic (exact) mass is 243 g/mol. The van der Waals surface area contributed by atoms with Crippen LogP contribution in [-0.4, -0.2) is 15.0 Å². The van der Waals surface area contributed by atoms with Crippen molar-refractivity contribution in [3.63, 3.8) is 0 Å². The molecule has 3 nitrogen and oxygen atoms in total. The Bertz CT molecular complexity index is 487. The van der Waals surface area contributed by atoms with Gasteiger partial charge in [-0.25, -0.2) is 14.4 Å². The van der Waals surface area contributed by atoms with Gasteiger partial charge in [-0.1, -0.05) is 23.2 Å². The first-order valence-corrected chi connectivity index (χ1v) is 4.72. The van der Waals surface area contributed by atoms with Crippen LogP contribution in [0.1, 0.15) is 0 Å². The molecule has 0 bridgehead atoms. The Morgan fingerprint density at radius 3 is 2.53 bits per heavy atom. The lowest BCUT2D eigenvalue weighted by Crippen LogP contribution is -1.91. The summed E-state index contributed by atoms with van der Waals surface area (Å²) in [6, 6.07) is 2.74. The molecule has 0 fully saturated rings. The number of nitrogens with zero attached hydrogens (tertiary/aromatic N) is 3. The summed E-state index contributed by atoms with van der Waals surface area (Å²) < 4.78 is 12.6. The van der Waals surface area contributed by atoms with Crippen molar-refractivity contribution in [3.8, 4) is 11.4 Å². The highest BCUT2D eigenvalue weighted by atomic mass is 35.5. The van der Waals surface area contributed by atoms with Crippen molar-refractivity contribution in [1.82, 2.24) is 15.0 Å². The van der Waals surface area contributed by atoms with E-state index in [-0.39, 0.29) is 10.2 Å². The van der Waals surface area contributed by atoms with Gasteiger partial charge in [0.25, 0.3) is 0 Å². The van der Waals surface area contributed by atoms with Gasteiger partial charge in [-0.3, -0.25) is 4.98 Å². The predicted molar refractivity (Wildman–Crippen MR) is 55.2 cm³/mol. The van der Waals surface area contributed by atoms with Crippen molar-refractivity contribution in [3.05, 3.63) is 40.6 Å². The van der Waals surface area contributed by atoms with Crippen LogP contribution in [0.4, 0.5) is 4.39 Å². The summed E-state index contributed by atoms with van der Waals surface area (Å²) in [6.45, 7) is 0. The van der Waals surface area contributed by atoms with E-state index in [0.29, 0.717) is 11.4 Å². The molecule has 0 saturated heterocycles. The molecule has 0 spiro atoms. The molecule has 0 N–H and O–H groups in total. The molecule has 0 aliphatic rings. The molecule has 2 rings (SSSR count). The zero-order valence-electron chi connectivity index (χ0n) is 7.28. The summed E-state index contributed by atoms with van der Waals surface area (Å²) in [4.78, 5) is 11.5. The molecule has 15 heavy (non-hydrogen) atoms.